The SMILES string of the molecule is CC1(C)[C@H](C(=O)O)N2C(=O)/C(=C/c3cc(C(N)=O)ccn3)[C@H]2S1(=O)=O.C[C@]1(COC(=O)NO)[C@H](C(=O)O)N2C(=O)/C(=C/c3cc(C(=O)NO)ccn3)[C@H]2S1(=O)=O. The number of rotatable bonds is 8. The van der Waals surface area contributed by atoms with E-state index in [1.807, 2.05) is 0 Å². The Bertz CT molecular complexity index is 2400. The predicted molar refractivity (Wildman–Crippen MR) is 183 cm³/mol. The fourth-order valence-corrected chi connectivity index (χ4v) is 11.1. The van der Waals surface area contributed by atoms with E-state index in [0.29, 0.717) is 4.90 Å². The number of hydroxylamine groups is 2. The lowest BCUT2D eigenvalue weighted by Gasteiger charge is -2.37. The van der Waals surface area contributed by atoms with Crippen LogP contribution < -0.4 is 16.7 Å². The third-order valence-corrected chi connectivity index (χ3v) is 15.1. The first-order valence-corrected chi connectivity index (χ1v) is 18.8. The molecule has 4 aliphatic heterocycles. The molecule has 4 aliphatic rings. The minimum Gasteiger partial charge on any atom is -0.480 e. The molecule has 4 fully saturated rings. The zero-order valence-corrected chi connectivity index (χ0v) is 30.6. The molecule has 56 heavy (non-hydrogen) atoms. The number of ether oxygens (including phenoxy) is 1. The van der Waals surface area contributed by atoms with E-state index >= 15 is 0 Å². The van der Waals surface area contributed by atoms with Crippen LogP contribution in [0.25, 0.3) is 12.2 Å². The zero-order chi connectivity index (χ0) is 41.9. The number of nitrogens with two attached hydrogens (primary N) is 1. The summed E-state index contributed by atoms with van der Waals surface area (Å²) in [5, 5.41) is 33.2. The molecule has 0 aliphatic carbocycles. The molecule has 0 radical (unpaired) electrons. The second kappa shape index (κ2) is 14.1. The summed E-state index contributed by atoms with van der Waals surface area (Å²) < 4.78 is 52.5. The Morgan fingerprint density at radius 1 is 0.804 bits per heavy atom. The number of carboxylic acid groups (broad SMARTS) is 2. The number of carbonyl (C=O) groups excluding carboxylic acids is 5. The first-order valence-electron chi connectivity index (χ1n) is 15.7. The van der Waals surface area contributed by atoms with Crippen LogP contribution in [0, 0.1) is 0 Å². The molecule has 0 aromatic carbocycles. The molecule has 0 unspecified atom stereocenters. The van der Waals surface area contributed by atoms with Gasteiger partial charge in [0.05, 0.1) is 22.5 Å². The van der Waals surface area contributed by atoms with Crippen molar-refractivity contribution in [3.63, 3.8) is 0 Å². The molecule has 8 N–H and O–H groups in total. The van der Waals surface area contributed by atoms with Gasteiger partial charge in [-0.05, 0) is 57.2 Å². The number of amides is 5. The van der Waals surface area contributed by atoms with E-state index in [1.54, 1.807) is 0 Å². The van der Waals surface area contributed by atoms with Crippen molar-refractivity contribution in [3.8, 4) is 0 Å². The number of carbonyl (C=O) groups is 7. The molecule has 6 heterocycles. The molecular formula is C31H31N7O16S2. The summed E-state index contributed by atoms with van der Waals surface area (Å²) in [5.41, 5.74) is 7.68. The largest absolute Gasteiger partial charge is 0.480 e. The molecule has 23 nitrogen and oxygen atoms in total. The van der Waals surface area contributed by atoms with Crippen molar-refractivity contribution in [2.75, 3.05) is 6.61 Å². The van der Waals surface area contributed by atoms with Gasteiger partial charge in [-0.25, -0.2) is 42.2 Å². The highest BCUT2D eigenvalue weighted by Gasteiger charge is 2.73. The summed E-state index contributed by atoms with van der Waals surface area (Å²) in [6.07, 6.45) is 3.42. The van der Waals surface area contributed by atoms with Gasteiger partial charge in [0.25, 0.3) is 17.7 Å². The fraction of sp³-hybridized carbons (Fsp3) is 0.323. The Morgan fingerprint density at radius 3 is 1.73 bits per heavy atom. The number of aliphatic carboxylic acids is 2. The average Bonchev–Trinajstić information content (AvgIpc) is 3.40. The molecule has 0 bridgehead atoms. The molecule has 0 saturated carbocycles. The van der Waals surface area contributed by atoms with E-state index in [0.717, 1.165) is 23.4 Å². The van der Waals surface area contributed by atoms with Gasteiger partial charge in [0.1, 0.15) is 16.1 Å². The predicted octanol–water partition coefficient (Wildman–Crippen LogP) is -2.10. The summed E-state index contributed by atoms with van der Waals surface area (Å²) in [7, 11) is -8.39. The highest BCUT2D eigenvalue weighted by atomic mass is 32.2. The zero-order valence-electron chi connectivity index (χ0n) is 29.0. The molecule has 298 valence electrons. The van der Waals surface area contributed by atoms with E-state index in [-0.39, 0.29) is 33.7 Å². The fourth-order valence-electron chi connectivity index (χ4n) is 6.71. The third-order valence-electron chi connectivity index (χ3n) is 9.63. The van der Waals surface area contributed by atoms with E-state index in [4.69, 9.17) is 16.1 Å². The van der Waals surface area contributed by atoms with Crippen LogP contribution in [0.1, 0.15) is 52.9 Å². The Hall–Kier alpha value is -6.31. The number of aromatic nitrogens is 2. The van der Waals surface area contributed by atoms with Crippen molar-refractivity contribution >= 4 is 73.5 Å². The van der Waals surface area contributed by atoms with Gasteiger partial charge in [0.15, 0.2) is 42.5 Å². The lowest BCUT2D eigenvalue weighted by Crippen LogP contribution is -2.59. The lowest BCUT2D eigenvalue weighted by molar-refractivity contribution is -0.153. The average molecular weight is 822 g/mol. The monoisotopic (exact) mass is 821 g/mol. The molecule has 2 aromatic rings. The summed E-state index contributed by atoms with van der Waals surface area (Å²) >= 11 is 0. The number of sulfone groups is 2. The van der Waals surface area contributed by atoms with Crippen molar-refractivity contribution in [3.05, 3.63) is 70.3 Å². The van der Waals surface area contributed by atoms with Crippen LogP contribution >= 0.6 is 0 Å². The summed E-state index contributed by atoms with van der Waals surface area (Å²) in [6.45, 7) is 2.64. The van der Waals surface area contributed by atoms with Crippen LogP contribution in [-0.4, -0.2) is 138 Å². The third kappa shape index (κ3) is 6.18. The molecule has 2 aromatic heterocycles. The second-order valence-electron chi connectivity index (χ2n) is 13.2. The van der Waals surface area contributed by atoms with Crippen LogP contribution in [0.5, 0.6) is 0 Å². The molecule has 0 spiro atoms. The van der Waals surface area contributed by atoms with Gasteiger partial charge in [-0.1, -0.05) is 0 Å². The van der Waals surface area contributed by atoms with E-state index in [2.05, 4.69) is 14.7 Å². The Labute approximate surface area is 315 Å². The standard InChI is InChI=1S/C16H16N4O10S.C15H15N3O6S/c1-16(6-30-15(25)19-27)10(14(23)24)20-12(22)9(13(20)31(16,28)29)5-8-4-7(2-3-17-8)11(21)18-26;1-15(2)10(14(21)22)18-12(20)9(13(18)25(15,23)24)6-8-5-7(11(16)19)3-4-17-8/h2-5,10,13,26-27H,6H2,1H3,(H,18,21)(H,19,25)(H,23,24);3-6,10,13H,1-2H3,(H2,16,19)(H,21,22)/b9-5-;9-6-/t10-,13+,16-;10-,13+/m00/s1. The van der Waals surface area contributed by atoms with Gasteiger partial charge in [0.2, 0.25) is 5.91 Å². The Morgan fingerprint density at radius 2 is 1.27 bits per heavy atom. The minimum atomic E-state index is -4.44. The number of carboxylic acids is 2. The van der Waals surface area contributed by atoms with Crippen LogP contribution in [0.4, 0.5) is 4.79 Å². The van der Waals surface area contributed by atoms with Crippen molar-refractivity contribution in [1.82, 2.24) is 30.7 Å². The molecular weight excluding hydrogens is 791 g/mol. The maximum Gasteiger partial charge on any atom is 0.431 e. The van der Waals surface area contributed by atoms with Crippen molar-refractivity contribution in [2.45, 2.75) is 53.1 Å². The number of primary amides is 1. The quantitative estimate of drug-likeness (QED) is 0.0649. The van der Waals surface area contributed by atoms with Gasteiger partial charge in [0, 0.05) is 23.5 Å². The van der Waals surface area contributed by atoms with E-state index < -0.39 is 100 Å². The Kier molecular flexibility index (Phi) is 10.3. The van der Waals surface area contributed by atoms with E-state index in [9.17, 15) is 60.6 Å². The Balaban J connectivity index is 0.000000219. The number of β-lactam (4-membered cyclic amide) rings is 2. The molecule has 25 heteroatoms. The topological polar surface area (TPSA) is 360 Å². The van der Waals surface area contributed by atoms with Crippen LogP contribution in [-0.2, 0) is 43.6 Å². The number of nitrogens with zero attached hydrogens (tertiary/aromatic N) is 4. The minimum absolute atomic E-state index is 0.00989. The number of hydrogen-bond acceptors (Lipinski definition) is 16. The number of pyridine rings is 2. The number of nitrogens with one attached hydrogen (secondary N) is 2. The first-order chi connectivity index (χ1) is 26.0. The summed E-state index contributed by atoms with van der Waals surface area (Å²) in [5.74, 6) is -6.14. The van der Waals surface area contributed by atoms with E-state index in [1.165, 1.54) is 62.1 Å². The highest BCUT2D eigenvalue weighted by Crippen LogP contribution is 2.50. The van der Waals surface area contributed by atoms with Crippen molar-refractivity contribution in [1.29, 1.82) is 0 Å². The summed E-state index contributed by atoms with van der Waals surface area (Å²) in [6, 6.07) is 1.83. The first kappa shape index (κ1) is 40.9. The molecule has 5 atom stereocenters. The molecule has 4 saturated heterocycles. The van der Waals surface area contributed by atoms with Gasteiger partial charge >= 0.3 is 18.0 Å². The maximum absolute atomic E-state index is 13.2. The highest BCUT2D eigenvalue weighted by molar-refractivity contribution is 7.94. The molecule has 6 rings (SSSR count). The second-order valence-corrected chi connectivity index (χ2v) is 18.3. The smallest absolute Gasteiger partial charge is 0.431 e. The number of fused-ring (bicyclic) bond motifs is 2. The van der Waals surface area contributed by atoms with Gasteiger partial charge in [-0.3, -0.25) is 39.6 Å². The summed E-state index contributed by atoms with van der Waals surface area (Å²) in [4.78, 5) is 91.6. The van der Waals surface area contributed by atoms with Crippen LogP contribution in [0.2, 0.25) is 0 Å². The normalized spacial score (nSPS) is 27.4. The van der Waals surface area contributed by atoms with Crippen molar-refractivity contribution in [2.24, 2.45) is 5.73 Å². The van der Waals surface area contributed by atoms with Crippen LogP contribution in [0.15, 0.2) is 47.8 Å². The lowest BCUT2D eigenvalue weighted by atomic mass is 9.94. The van der Waals surface area contributed by atoms with Crippen LogP contribution in [0.3, 0.4) is 0 Å². The molecule has 5 amide bonds. The number of hydrogen-bond donors (Lipinski definition) is 7. The van der Waals surface area contributed by atoms with Gasteiger partial charge in [-0.15, -0.1) is 0 Å². The van der Waals surface area contributed by atoms with Crippen molar-refractivity contribution < 1.29 is 75.8 Å². The van der Waals surface area contributed by atoms with Gasteiger partial charge < -0.3 is 30.5 Å². The van der Waals surface area contributed by atoms with Gasteiger partial charge in [-0.2, -0.15) is 0 Å². The maximum atomic E-state index is 13.2.